The second-order valence-corrected chi connectivity index (χ2v) is 5.30. The van der Waals surface area contributed by atoms with Crippen LogP contribution >= 0.6 is 0 Å². The van der Waals surface area contributed by atoms with E-state index in [0.29, 0.717) is 19.1 Å². The molecule has 0 heterocycles. The van der Waals surface area contributed by atoms with Crippen molar-refractivity contribution in [2.75, 3.05) is 19.8 Å². The smallest absolute Gasteiger partial charge is 0.225 e. The van der Waals surface area contributed by atoms with Crippen molar-refractivity contribution in [2.24, 2.45) is 11.3 Å². The van der Waals surface area contributed by atoms with Gasteiger partial charge in [-0.2, -0.15) is 0 Å². The summed E-state index contributed by atoms with van der Waals surface area (Å²) in [6.45, 7) is 12.0. The molecular formula is C12H25NO2. The molecule has 0 atom stereocenters. The standard InChI is InChI=1S/C12H25NO2/c1-10(2)6-8-15-9-7-13-11(14)12(3,4)5/h10H,6-9H2,1-5H3,(H,13,14). The van der Waals surface area contributed by atoms with Gasteiger partial charge in [0, 0.05) is 18.6 Å². The summed E-state index contributed by atoms with van der Waals surface area (Å²) in [6.07, 6.45) is 1.08. The Morgan fingerprint density at radius 1 is 1.27 bits per heavy atom. The maximum absolute atomic E-state index is 11.4. The van der Waals surface area contributed by atoms with Gasteiger partial charge >= 0.3 is 0 Å². The number of rotatable bonds is 6. The van der Waals surface area contributed by atoms with Crippen LogP contribution in [0.5, 0.6) is 0 Å². The second kappa shape index (κ2) is 6.83. The predicted octanol–water partition coefficient (Wildman–Crippen LogP) is 2.21. The van der Waals surface area contributed by atoms with Crippen molar-refractivity contribution >= 4 is 5.91 Å². The minimum Gasteiger partial charge on any atom is -0.380 e. The van der Waals surface area contributed by atoms with Crippen LogP contribution in [-0.4, -0.2) is 25.7 Å². The Hall–Kier alpha value is -0.570. The van der Waals surface area contributed by atoms with Crippen LogP contribution in [0.4, 0.5) is 0 Å². The van der Waals surface area contributed by atoms with E-state index in [1.165, 1.54) is 0 Å². The van der Waals surface area contributed by atoms with E-state index in [1.54, 1.807) is 0 Å². The SMILES string of the molecule is CC(C)CCOCCNC(=O)C(C)(C)C. The number of ether oxygens (including phenoxy) is 1. The minimum atomic E-state index is -0.308. The number of hydrogen-bond donors (Lipinski definition) is 1. The van der Waals surface area contributed by atoms with E-state index >= 15 is 0 Å². The van der Waals surface area contributed by atoms with E-state index in [1.807, 2.05) is 20.8 Å². The van der Waals surface area contributed by atoms with Crippen LogP contribution in [-0.2, 0) is 9.53 Å². The van der Waals surface area contributed by atoms with Gasteiger partial charge in [0.15, 0.2) is 0 Å². The van der Waals surface area contributed by atoms with E-state index in [4.69, 9.17) is 4.74 Å². The van der Waals surface area contributed by atoms with Crippen molar-refractivity contribution in [1.82, 2.24) is 5.32 Å². The summed E-state index contributed by atoms with van der Waals surface area (Å²) in [7, 11) is 0. The van der Waals surface area contributed by atoms with Crippen molar-refractivity contribution in [3.63, 3.8) is 0 Å². The molecule has 0 spiro atoms. The zero-order chi connectivity index (χ0) is 11.9. The fourth-order valence-corrected chi connectivity index (χ4v) is 0.923. The topological polar surface area (TPSA) is 38.3 Å². The highest BCUT2D eigenvalue weighted by atomic mass is 16.5. The van der Waals surface area contributed by atoms with Crippen LogP contribution in [0.3, 0.4) is 0 Å². The molecule has 0 saturated heterocycles. The van der Waals surface area contributed by atoms with Crippen LogP contribution in [0.25, 0.3) is 0 Å². The first-order valence-electron chi connectivity index (χ1n) is 5.70. The average molecular weight is 215 g/mol. The molecule has 90 valence electrons. The van der Waals surface area contributed by atoms with E-state index in [2.05, 4.69) is 19.2 Å². The van der Waals surface area contributed by atoms with Crippen LogP contribution in [0.1, 0.15) is 41.0 Å². The highest BCUT2D eigenvalue weighted by Crippen LogP contribution is 2.11. The molecule has 3 heteroatoms. The van der Waals surface area contributed by atoms with Crippen LogP contribution in [0.15, 0.2) is 0 Å². The molecule has 0 aliphatic heterocycles. The number of nitrogens with one attached hydrogen (secondary N) is 1. The molecule has 0 aliphatic rings. The van der Waals surface area contributed by atoms with Crippen molar-refractivity contribution < 1.29 is 9.53 Å². The van der Waals surface area contributed by atoms with Gasteiger partial charge in [0.05, 0.1) is 6.61 Å². The van der Waals surface area contributed by atoms with Gasteiger partial charge in [0.2, 0.25) is 5.91 Å². The van der Waals surface area contributed by atoms with E-state index in [0.717, 1.165) is 13.0 Å². The zero-order valence-corrected chi connectivity index (χ0v) is 10.7. The minimum absolute atomic E-state index is 0.0787. The van der Waals surface area contributed by atoms with Crippen LogP contribution in [0, 0.1) is 11.3 Å². The summed E-state index contributed by atoms with van der Waals surface area (Å²) in [4.78, 5) is 11.4. The highest BCUT2D eigenvalue weighted by molar-refractivity contribution is 5.81. The Kier molecular flexibility index (Phi) is 6.57. The van der Waals surface area contributed by atoms with Crippen molar-refractivity contribution in [2.45, 2.75) is 41.0 Å². The Morgan fingerprint density at radius 3 is 2.33 bits per heavy atom. The molecule has 0 radical (unpaired) electrons. The lowest BCUT2D eigenvalue weighted by molar-refractivity contribution is -0.128. The lowest BCUT2D eigenvalue weighted by atomic mass is 9.96. The number of amides is 1. The van der Waals surface area contributed by atoms with Gasteiger partial charge in [-0.25, -0.2) is 0 Å². The predicted molar refractivity (Wildman–Crippen MR) is 62.7 cm³/mol. The van der Waals surface area contributed by atoms with Crippen molar-refractivity contribution in [3.8, 4) is 0 Å². The summed E-state index contributed by atoms with van der Waals surface area (Å²) < 4.78 is 5.39. The molecule has 15 heavy (non-hydrogen) atoms. The first kappa shape index (κ1) is 14.4. The highest BCUT2D eigenvalue weighted by Gasteiger charge is 2.20. The molecule has 0 aliphatic carbocycles. The normalized spacial score (nSPS) is 11.9. The maximum Gasteiger partial charge on any atom is 0.225 e. The van der Waals surface area contributed by atoms with Gasteiger partial charge in [-0.3, -0.25) is 4.79 Å². The Bertz CT molecular complexity index is 183. The molecular weight excluding hydrogens is 190 g/mol. The summed E-state index contributed by atoms with van der Waals surface area (Å²) in [5, 5.41) is 2.85. The van der Waals surface area contributed by atoms with Crippen molar-refractivity contribution in [1.29, 1.82) is 0 Å². The quantitative estimate of drug-likeness (QED) is 0.690. The van der Waals surface area contributed by atoms with Gasteiger partial charge in [0.1, 0.15) is 0 Å². The monoisotopic (exact) mass is 215 g/mol. The van der Waals surface area contributed by atoms with Gasteiger partial charge in [-0.05, 0) is 12.3 Å². The summed E-state index contributed by atoms with van der Waals surface area (Å²) in [5.74, 6) is 0.754. The Morgan fingerprint density at radius 2 is 1.87 bits per heavy atom. The second-order valence-electron chi connectivity index (χ2n) is 5.30. The number of carbonyl (C=O) groups is 1. The first-order chi connectivity index (χ1) is 6.84. The molecule has 1 amide bonds. The van der Waals surface area contributed by atoms with Gasteiger partial charge < -0.3 is 10.1 Å². The van der Waals surface area contributed by atoms with Crippen LogP contribution < -0.4 is 5.32 Å². The molecule has 0 fully saturated rings. The van der Waals surface area contributed by atoms with E-state index < -0.39 is 0 Å². The summed E-state index contributed by atoms with van der Waals surface area (Å²) in [6, 6.07) is 0. The van der Waals surface area contributed by atoms with Crippen molar-refractivity contribution in [3.05, 3.63) is 0 Å². The Labute approximate surface area is 93.6 Å². The largest absolute Gasteiger partial charge is 0.380 e. The molecule has 0 aromatic carbocycles. The molecule has 0 bridgehead atoms. The van der Waals surface area contributed by atoms with Gasteiger partial charge in [-0.1, -0.05) is 34.6 Å². The third-order valence-corrected chi connectivity index (χ3v) is 2.05. The summed E-state index contributed by atoms with van der Waals surface area (Å²) >= 11 is 0. The first-order valence-corrected chi connectivity index (χ1v) is 5.70. The molecule has 3 nitrogen and oxygen atoms in total. The molecule has 0 aromatic rings. The average Bonchev–Trinajstić information content (AvgIpc) is 2.08. The molecule has 1 N–H and O–H groups in total. The zero-order valence-electron chi connectivity index (χ0n) is 10.7. The molecule has 0 rings (SSSR count). The lowest BCUT2D eigenvalue weighted by Gasteiger charge is -2.17. The number of carbonyl (C=O) groups excluding carboxylic acids is 1. The third kappa shape index (κ3) is 8.43. The van der Waals surface area contributed by atoms with Gasteiger partial charge in [-0.15, -0.1) is 0 Å². The molecule has 0 saturated carbocycles. The molecule has 0 aromatic heterocycles. The fourth-order valence-electron chi connectivity index (χ4n) is 0.923. The Balaban J connectivity index is 3.36. The fraction of sp³-hybridized carbons (Fsp3) is 0.917. The number of hydrogen-bond acceptors (Lipinski definition) is 2. The van der Waals surface area contributed by atoms with E-state index in [9.17, 15) is 4.79 Å². The van der Waals surface area contributed by atoms with Gasteiger partial charge in [0.25, 0.3) is 0 Å². The van der Waals surface area contributed by atoms with Crippen LogP contribution in [0.2, 0.25) is 0 Å². The summed E-state index contributed by atoms with van der Waals surface area (Å²) in [5.41, 5.74) is -0.308. The maximum atomic E-state index is 11.4. The molecule has 0 unspecified atom stereocenters. The lowest BCUT2D eigenvalue weighted by Crippen LogP contribution is -2.36. The third-order valence-electron chi connectivity index (χ3n) is 2.05. The van der Waals surface area contributed by atoms with E-state index in [-0.39, 0.29) is 11.3 Å².